The molecule has 172 valence electrons. The number of ether oxygens (including phenoxy) is 1. The van der Waals surface area contributed by atoms with Crippen LogP contribution in [0.2, 0.25) is 0 Å². The predicted molar refractivity (Wildman–Crippen MR) is 127 cm³/mol. The quantitative estimate of drug-likeness (QED) is 0.479. The smallest absolute Gasteiger partial charge is 0.410 e. The molecular formula is C28H31NO4. The van der Waals surface area contributed by atoms with E-state index in [2.05, 4.69) is 0 Å². The van der Waals surface area contributed by atoms with Crippen LogP contribution in [-0.4, -0.2) is 35.6 Å². The first kappa shape index (κ1) is 23.0. The molecule has 1 saturated heterocycles. The van der Waals surface area contributed by atoms with Crippen LogP contribution >= 0.6 is 0 Å². The van der Waals surface area contributed by atoms with Crippen LogP contribution in [0.4, 0.5) is 4.79 Å². The highest BCUT2D eigenvalue weighted by Gasteiger charge is 2.40. The fourth-order valence-corrected chi connectivity index (χ4v) is 5.13. The minimum absolute atomic E-state index is 0.0109. The molecule has 1 heterocycles. The van der Waals surface area contributed by atoms with Gasteiger partial charge < -0.3 is 9.64 Å². The van der Waals surface area contributed by atoms with Crippen molar-refractivity contribution in [2.75, 3.05) is 13.1 Å². The second-order valence-corrected chi connectivity index (χ2v) is 9.31. The van der Waals surface area contributed by atoms with Crippen molar-refractivity contribution < 1.29 is 19.1 Å². The number of likely N-dealkylation sites (tertiary alicyclic amines) is 1. The number of nitrogens with zero attached hydrogens (tertiary/aromatic N) is 1. The molecule has 33 heavy (non-hydrogen) atoms. The van der Waals surface area contributed by atoms with Gasteiger partial charge in [-0.3, -0.25) is 9.59 Å². The molecular weight excluding hydrogens is 414 g/mol. The van der Waals surface area contributed by atoms with E-state index in [1.807, 2.05) is 69.3 Å². The lowest BCUT2D eigenvalue weighted by Crippen LogP contribution is -2.38. The number of ketones is 2. The number of amides is 1. The summed E-state index contributed by atoms with van der Waals surface area (Å²) in [6.45, 7) is 7.42. The zero-order chi connectivity index (χ0) is 23.5. The van der Waals surface area contributed by atoms with Crippen LogP contribution in [-0.2, 0) is 20.9 Å². The molecule has 1 aliphatic carbocycles. The zero-order valence-corrected chi connectivity index (χ0v) is 19.6. The van der Waals surface area contributed by atoms with Crippen molar-refractivity contribution in [2.45, 2.75) is 52.6 Å². The molecule has 5 nitrogen and oxygen atoms in total. The van der Waals surface area contributed by atoms with Gasteiger partial charge in [-0.1, -0.05) is 54.1 Å². The van der Waals surface area contributed by atoms with E-state index in [-0.39, 0.29) is 36.6 Å². The van der Waals surface area contributed by atoms with Gasteiger partial charge in [0.25, 0.3) is 0 Å². The Labute approximate surface area is 195 Å². The first-order chi connectivity index (χ1) is 15.8. The summed E-state index contributed by atoms with van der Waals surface area (Å²) in [4.78, 5) is 40.1. The molecule has 1 saturated carbocycles. The lowest BCUT2D eigenvalue weighted by molar-refractivity contribution is -0.123. The van der Waals surface area contributed by atoms with Crippen LogP contribution in [0, 0.1) is 26.7 Å². The van der Waals surface area contributed by atoms with E-state index in [4.69, 9.17) is 4.74 Å². The van der Waals surface area contributed by atoms with Gasteiger partial charge in [-0.2, -0.15) is 0 Å². The highest BCUT2D eigenvalue weighted by molar-refractivity contribution is 6.23. The molecule has 0 aromatic heterocycles. The fraction of sp³-hybridized carbons (Fsp3) is 0.393. The molecule has 0 N–H and O–H groups in total. The Hall–Kier alpha value is -3.21. The van der Waals surface area contributed by atoms with Crippen LogP contribution < -0.4 is 0 Å². The van der Waals surface area contributed by atoms with Gasteiger partial charge in [0.1, 0.15) is 12.5 Å². The number of hydrogen-bond donors (Lipinski definition) is 0. The molecule has 2 aromatic carbocycles. The molecule has 0 radical (unpaired) electrons. The normalized spacial score (nSPS) is 20.5. The van der Waals surface area contributed by atoms with Gasteiger partial charge in [0.2, 0.25) is 0 Å². The Kier molecular flexibility index (Phi) is 6.77. The first-order valence-electron chi connectivity index (χ1n) is 11.6. The Morgan fingerprint density at radius 2 is 1.67 bits per heavy atom. The number of allylic oxidation sites excluding steroid dienone is 2. The SMILES string of the molecule is Cc1cc(C)c(C2C(=O)CC(=CC3CCN(C(=O)OCc4ccccc4)CC3)C2=O)c(C)c1. The summed E-state index contributed by atoms with van der Waals surface area (Å²) in [5.41, 5.74) is 5.61. The van der Waals surface area contributed by atoms with E-state index in [1.165, 1.54) is 0 Å². The average molecular weight is 446 g/mol. The molecule has 5 heteroatoms. The molecule has 2 aliphatic rings. The monoisotopic (exact) mass is 445 g/mol. The number of benzene rings is 2. The Morgan fingerprint density at radius 1 is 1.03 bits per heavy atom. The van der Waals surface area contributed by atoms with Crippen molar-refractivity contribution in [3.8, 4) is 0 Å². The minimum atomic E-state index is -0.676. The van der Waals surface area contributed by atoms with Crippen molar-refractivity contribution >= 4 is 17.7 Å². The summed E-state index contributed by atoms with van der Waals surface area (Å²) < 4.78 is 5.43. The first-order valence-corrected chi connectivity index (χ1v) is 11.6. The summed E-state index contributed by atoms with van der Waals surface area (Å²) >= 11 is 0. The number of carbonyl (C=O) groups is 3. The van der Waals surface area contributed by atoms with Crippen molar-refractivity contribution in [1.82, 2.24) is 4.90 Å². The maximum atomic E-state index is 13.2. The van der Waals surface area contributed by atoms with E-state index >= 15 is 0 Å². The molecule has 1 unspecified atom stereocenters. The van der Waals surface area contributed by atoms with Crippen molar-refractivity contribution in [1.29, 1.82) is 0 Å². The van der Waals surface area contributed by atoms with Crippen LogP contribution in [0.25, 0.3) is 0 Å². The highest BCUT2D eigenvalue weighted by Crippen LogP contribution is 2.37. The van der Waals surface area contributed by atoms with Gasteiger partial charge >= 0.3 is 6.09 Å². The Morgan fingerprint density at radius 3 is 2.30 bits per heavy atom. The molecule has 0 spiro atoms. The van der Waals surface area contributed by atoms with Crippen molar-refractivity contribution in [2.24, 2.45) is 5.92 Å². The predicted octanol–water partition coefficient (Wildman–Crippen LogP) is 5.21. The van der Waals surface area contributed by atoms with E-state index in [0.29, 0.717) is 18.7 Å². The van der Waals surface area contributed by atoms with Crippen molar-refractivity contribution in [3.05, 3.63) is 81.9 Å². The van der Waals surface area contributed by atoms with E-state index in [9.17, 15) is 14.4 Å². The lowest BCUT2D eigenvalue weighted by Gasteiger charge is -2.30. The second-order valence-electron chi connectivity index (χ2n) is 9.31. The summed E-state index contributed by atoms with van der Waals surface area (Å²) in [5, 5.41) is 0. The Balaban J connectivity index is 1.36. The molecule has 0 bridgehead atoms. The maximum absolute atomic E-state index is 13.2. The molecule has 2 aromatic rings. The minimum Gasteiger partial charge on any atom is -0.445 e. The van der Waals surface area contributed by atoms with Crippen LogP contribution in [0.5, 0.6) is 0 Å². The number of aryl methyl sites for hydroxylation is 3. The van der Waals surface area contributed by atoms with Crippen molar-refractivity contribution in [3.63, 3.8) is 0 Å². The van der Waals surface area contributed by atoms with Crippen LogP contribution in [0.15, 0.2) is 54.1 Å². The van der Waals surface area contributed by atoms with Gasteiger partial charge in [0.05, 0.1) is 0 Å². The highest BCUT2D eigenvalue weighted by atomic mass is 16.6. The van der Waals surface area contributed by atoms with E-state index < -0.39 is 5.92 Å². The third kappa shape index (κ3) is 5.08. The van der Waals surface area contributed by atoms with Gasteiger partial charge in [-0.05, 0) is 67.4 Å². The standard InChI is InChI=1S/C28H31NO4/c1-18-13-19(2)25(20(3)14-18)26-24(30)16-23(27(26)31)15-21-9-11-29(12-10-21)28(32)33-17-22-7-5-4-6-8-22/h4-8,13-15,21,26H,9-12,16-17H2,1-3H3. The number of rotatable bonds is 4. The van der Waals surface area contributed by atoms with Gasteiger partial charge in [-0.15, -0.1) is 0 Å². The lowest BCUT2D eigenvalue weighted by atomic mass is 9.86. The van der Waals surface area contributed by atoms with Gasteiger partial charge in [0, 0.05) is 19.5 Å². The van der Waals surface area contributed by atoms with E-state index in [0.717, 1.165) is 40.7 Å². The summed E-state index contributed by atoms with van der Waals surface area (Å²) in [6.07, 6.45) is 3.42. The molecule has 1 amide bonds. The number of hydrogen-bond acceptors (Lipinski definition) is 4. The zero-order valence-electron chi connectivity index (χ0n) is 19.6. The third-order valence-electron chi connectivity index (χ3n) is 6.73. The topological polar surface area (TPSA) is 63.7 Å². The number of piperidine rings is 1. The third-order valence-corrected chi connectivity index (χ3v) is 6.73. The van der Waals surface area contributed by atoms with E-state index in [1.54, 1.807) is 4.90 Å². The largest absolute Gasteiger partial charge is 0.445 e. The fourth-order valence-electron chi connectivity index (χ4n) is 5.13. The summed E-state index contributed by atoms with van der Waals surface area (Å²) in [5.74, 6) is -0.554. The molecule has 2 fully saturated rings. The second kappa shape index (κ2) is 9.74. The molecule has 1 aliphatic heterocycles. The summed E-state index contributed by atoms with van der Waals surface area (Å²) in [6, 6.07) is 13.7. The summed E-state index contributed by atoms with van der Waals surface area (Å²) in [7, 11) is 0. The van der Waals surface area contributed by atoms with Crippen LogP contribution in [0.1, 0.15) is 53.0 Å². The number of Topliss-reactive ketones (excluding diaryl/α,β-unsaturated/α-hetero) is 2. The average Bonchev–Trinajstić information content (AvgIpc) is 3.06. The molecule has 1 atom stereocenters. The van der Waals surface area contributed by atoms with Gasteiger partial charge in [-0.25, -0.2) is 4.79 Å². The number of carbonyl (C=O) groups excluding carboxylic acids is 3. The van der Waals surface area contributed by atoms with Gasteiger partial charge in [0.15, 0.2) is 11.6 Å². The molecule has 4 rings (SSSR count). The maximum Gasteiger partial charge on any atom is 0.410 e. The van der Waals surface area contributed by atoms with Crippen LogP contribution in [0.3, 0.4) is 0 Å². The Bertz CT molecular complexity index is 1070.